The number of β-lactam (4-membered cyclic amide) rings is 1. The molecule has 1 saturated heterocycles. The summed E-state index contributed by atoms with van der Waals surface area (Å²) >= 11 is 2.35. The Hall–Kier alpha value is -4.25. The van der Waals surface area contributed by atoms with Crippen molar-refractivity contribution in [1.82, 2.24) is 30.7 Å². The Morgan fingerprint density at radius 3 is 2.52 bits per heavy atom. The number of nitrogens with zero attached hydrogens (tertiary/aromatic N) is 3. The highest BCUT2D eigenvalue weighted by Crippen LogP contribution is 2.41. The molecular weight excluding hydrogens is 592 g/mol. The number of hydrogen-bond donors (Lipinski definition) is 6. The van der Waals surface area contributed by atoms with E-state index >= 15 is 0 Å². The van der Waals surface area contributed by atoms with E-state index in [1.165, 1.54) is 36.0 Å². The predicted molar refractivity (Wildman–Crippen MR) is 148 cm³/mol. The van der Waals surface area contributed by atoms with Gasteiger partial charge < -0.3 is 30.7 Å². The zero-order valence-corrected chi connectivity index (χ0v) is 24.2. The van der Waals surface area contributed by atoms with Crippen molar-refractivity contribution < 1.29 is 44.0 Å². The van der Waals surface area contributed by atoms with Crippen LogP contribution in [0.4, 0.5) is 4.79 Å². The second-order valence-corrected chi connectivity index (χ2v) is 12.3. The van der Waals surface area contributed by atoms with E-state index in [0.717, 1.165) is 16.7 Å². The molecule has 0 spiro atoms. The van der Waals surface area contributed by atoms with Crippen molar-refractivity contribution in [3.05, 3.63) is 46.9 Å². The number of benzene rings is 1. The van der Waals surface area contributed by atoms with Crippen LogP contribution >= 0.6 is 23.5 Å². The van der Waals surface area contributed by atoms with Crippen molar-refractivity contribution in [1.29, 1.82) is 0 Å². The molecule has 1 aromatic carbocycles. The van der Waals surface area contributed by atoms with Gasteiger partial charge in [-0.1, -0.05) is 23.9 Å². The molecule has 3 amide bonds. The summed E-state index contributed by atoms with van der Waals surface area (Å²) in [6.45, 7) is 4.98. The largest absolute Gasteiger partial charge is 0.508 e. The summed E-state index contributed by atoms with van der Waals surface area (Å²) in [6, 6.07) is 3.23. The highest BCUT2D eigenvalue weighted by atomic mass is 32.2. The van der Waals surface area contributed by atoms with Crippen molar-refractivity contribution in [3.8, 4) is 5.75 Å². The summed E-state index contributed by atoms with van der Waals surface area (Å²) in [5.41, 5.74) is -0.290. The third-order valence-corrected chi connectivity index (χ3v) is 8.18. The van der Waals surface area contributed by atoms with Gasteiger partial charge in [-0.3, -0.25) is 24.4 Å². The quantitative estimate of drug-likeness (QED) is 0.163. The molecule has 6 N–H and O–H groups in total. The molecule has 2 aliphatic rings. The molecule has 3 atom stereocenters. The van der Waals surface area contributed by atoms with Crippen LogP contribution in [0.1, 0.15) is 38.2 Å². The van der Waals surface area contributed by atoms with Crippen LogP contribution in [0.25, 0.3) is 0 Å². The molecule has 1 aromatic heterocycles. The number of aromatic nitrogens is 3. The number of hydrogen-bond acceptors (Lipinski definition) is 11. The van der Waals surface area contributed by atoms with Crippen LogP contribution < -0.4 is 10.6 Å². The standard InChI is InChI=1S/C25H28N6O9S2/c1-25(2,3)40-24(39)28-16(11-4-6-13(32)7-5-11)19(35)27-17-20(36)31-18(22(37)38)12(9-41-21(17)31)10-42-23-26-14(29-30-23)8-15(33)34/h4-7,16-17,21,32H,8-10H2,1-3H3,(H,27,35)(H,28,39)(H,33,34)(H,37,38)(H,26,29,30)/t16?,17?,21-/m1/s1. The molecule has 17 heteroatoms. The third-order valence-electron chi connectivity index (χ3n) is 5.90. The van der Waals surface area contributed by atoms with Gasteiger partial charge in [0.2, 0.25) is 11.1 Å². The Kier molecular flexibility index (Phi) is 9.00. The lowest BCUT2D eigenvalue weighted by molar-refractivity contribution is -0.151. The van der Waals surface area contributed by atoms with E-state index in [2.05, 4.69) is 25.8 Å². The number of amides is 3. The van der Waals surface area contributed by atoms with Crippen molar-refractivity contribution in [2.24, 2.45) is 0 Å². The summed E-state index contributed by atoms with van der Waals surface area (Å²) in [5.74, 6) is -3.29. The number of aliphatic carboxylic acids is 2. The van der Waals surface area contributed by atoms with E-state index < -0.39 is 52.9 Å². The number of thioether (sulfide) groups is 2. The Morgan fingerprint density at radius 2 is 1.90 bits per heavy atom. The number of fused-ring (bicyclic) bond motifs is 1. The second kappa shape index (κ2) is 12.3. The predicted octanol–water partition coefficient (Wildman–Crippen LogP) is 1.23. The van der Waals surface area contributed by atoms with Gasteiger partial charge in [-0.15, -0.1) is 16.9 Å². The van der Waals surface area contributed by atoms with Crippen LogP contribution in [0.5, 0.6) is 5.75 Å². The minimum atomic E-state index is -1.32. The molecule has 2 aromatic rings. The molecule has 42 heavy (non-hydrogen) atoms. The average Bonchev–Trinajstić information content (AvgIpc) is 3.34. The number of alkyl carbamates (subject to hydrolysis) is 1. The fraction of sp³-hybridized carbons (Fsp3) is 0.400. The molecule has 1 fully saturated rings. The molecule has 224 valence electrons. The first-order valence-corrected chi connectivity index (χ1v) is 14.5. The Labute approximate surface area is 247 Å². The maximum Gasteiger partial charge on any atom is 0.408 e. The molecule has 2 aliphatic heterocycles. The van der Waals surface area contributed by atoms with E-state index in [4.69, 9.17) is 9.84 Å². The van der Waals surface area contributed by atoms with Crippen molar-refractivity contribution >= 4 is 53.4 Å². The summed E-state index contributed by atoms with van der Waals surface area (Å²) in [6.07, 6.45) is -1.21. The number of phenols is 1. The first kappa shape index (κ1) is 30.7. The summed E-state index contributed by atoms with van der Waals surface area (Å²) in [4.78, 5) is 67.2. The summed E-state index contributed by atoms with van der Waals surface area (Å²) < 4.78 is 5.27. The van der Waals surface area contributed by atoms with Gasteiger partial charge in [-0.2, -0.15) is 0 Å². The monoisotopic (exact) mass is 620 g/mol. The Bertz CT molecular complexity index is 1440. The SMILES string of the molecule is CC(C)(C)OC(=O)NC(C(=O)NC1C(=O)N2C(C(=O)O)=C(CSc3n[nH]c(CC(=O)O)n3)CS[C@H]12)c1ccc(O)cc1. The van der Waals surface area contributed by atoms with E-state index in [1.807, 2.05) is 0 Å². The smallest absolute Gasteiger partial charge is 0.408 e. The molecule has 2 unspecified atom stereocenters. The molecule has 15 nitrogen and oxygen atoms in total. The molecule has 3 heterocycles. The minimum absolute atomic E-state index is 0.0516. The van der Waals surface area contributed by atoms with E-state index in [0.29, 0.717) is 11.1 Å². The number of rotatable bonds is 10. The molecule has 0 saturated carbocycles. The molecule has 0 radical (unpaired) electrons. The van der Waals surface area contributed by atoms with Crippen molar-refractivity contribution in [2.75, 3.05) is 11.5 Å². The van der Waals surface area contributed by atoms with Gasteiger partial charge in [0.1, 0.15) is 46.8 Å². The molecule has 4 rings (SSSR count). The third kappa shape index (κ3) is 7.14. The maximum atomic E-state index is 13.4. The number of phenolic OH excluding ortho intramolecular Hbond substituents is 1. The van der Waals surface area contributed by atoms with Crippen molar-refractivity contribution in [3.63, 3.8) is 0 Å². The Morgan fingerprint density at radius 1 is 1.21 bits per heavy atom. The lowest BCUT2D eigenvalue weighted by atomic mass is 10.0. The van der Waals surface area contributed by atoms with E-state index in [1.54, 1.807) is 20.8 Å². The first-order chi connectivity index (χ1) is 19.7. The lowest BCUT2D eigenvalue weighted by Crippen LogP contribution is -2.71. The van der Waals surface area contributed by atoms with Crippen LogP contribution in [0.3, 0.4) is 0 Å². The Balaban J connectivity index is 1.47. The number of aromatic amines is 1. The van der Waals surface area contributed by atoms with Crippen molar-refractivity contribution in [2.45, 2.75) is 55.4 Å². The number of carboxylic acids is 2. The highest BCUT2D eigenvalue weighted by Gasteiger charge is 2.54. The van der Waals surface area contributed by atoms with Gasteiger partial charge >= 0.3 is 18.0 Å². The number of H-pyrrole nitrogens is 1. The zero-order valence-electron chi connectivity index (χ0n) is 22.6. The van der Waals surface area contributed by atoms with Crippen LogP contribution in [-0.4, -0.2) is 93.8 Å². The highest BCUT2D eigenvalue weighted by molar-refractivity contribution is 8.01. The maximum absolute atomic E-state index is 13.4. The van der Waals surface area contributed by atoms with Crippen LogP contribution in [0.15, 0.2) is 40.7 Å². The minimum Gasteiger partial charge on any atom is -0.508 e. The van der Waals surface area contributed by atoms with Crippen LogP contribution in [-0.2, 0) is 30.3 Å². The fourth-order valence-electron chi connectivity index (χ4n) is 4.14. The lowest BCUT2D eigenvalue weighted by Gasteiger charge is -2.49. The topological polar surface area (TPSA) is 224 Å². The van der Waals surface area contributed by atoms with Gasteiger partial charge in [0.15, 0.2) is 0 Å². The fourth-order valence-corrected chi connectivity index (χ4v) is 6.44. The van der Waals surface area contributed by atoms with Crippen LogP contribution in [0.2, 0.25) is 0 Å². The number of carbonyl (C=O) groups is 5. The number of aromatic hydroxyl groups is 1. The number of ether oxygens (including phenoxy) is 1. The zero-order chi connectivity index (χ0) is 30.8. The first-order valence-electron chi connectivity index (χ1n) is 12.5. The molecule has 0 aliphatic carbocycles. The number of nitrogens with one attached hydrogen (secondary N) is 3. The molecular formula is C25H28N6O9S2. The van der Waals surface area contributed by atoms with Gasteiger partial charge in [-0.25, -0.2) is 14.6 Å². The van der Waals surface area contributed by atoms with Crippen LogP contribution in [0, 0.1) is 0 Å². The summed E-state index contributed by atoms with van der Waals surface area (Å²) in [5, 5.41) is 39.5. The number of carbonyl (C=O) groups excluding carboxylic acids is 3. The van der Waals surface area contributed by atoms with Gasteiger partial charge in [0, 0.05) is 11.5 Å². The van der Waals surface area contributed by atoms with E-state index in [-0.39, 0.29) is 40.4 Å². The summed E-state index contributed by atoms with van der Waals surface area (Å²) in [7, 11) is 0. The van der Waals surface area contributed by atoms with E-state index in [9.17, 15) is 34.2 Å². The normalized spacial score (nSPS) is 18.9. The molecule has 0 bridgehead atoms. The van der Waals surface area contributed by atoms with Gasteiger partial charge in [0.05, 0.1) is 0 Å². The second-order valence-electron chi connectivity index (χ2n) is 10.2. The van der Waals surface area contributed by atoms with Gasteiger partial charge in [0.25, 0.3) is 5.91 Å². The van der Waals surface area contributed by atoms with Gasteiger partial charge in [-0.05, 0) is 44.0 Å². The average molecular weight is 621 g/mol. The number of carboxylic acid groups (broad SMARTS) is 2.